The van der Waals surface area contributed by atoms with Crippen LogP contribution in [0.1, 0.15) is 16.7 Å². The summed E-state index contributed by atoms with van der Waals surface area (Å²) in [6, 6.07) is 6.14. The Labute approximate surface area is 125 Å². The van der Waals surface area contributed by atoms with E-state index in [1.807, 2.05) is 23.8 Å². The number of hydrogen-bond donors (Lipinski definition) is 1. The van der Waals surface area contributed by atoms with Crippen molar-refractivity contribution in [1.29, 1.82) is 0 Å². The summed E-state index contributed by atoms with van der Waals surface area (Å²) in [4.78, 5) is 8.91. The SMILES string of the molecule is Cc1cnc2c(c1)nc(N)n2-c1c(C)cc(Br)cc1C. The molecule has 0 atom stereocenters. The van der Waals surface area contributed by atoms with Crippen LogP contribution in [0, 0.1) is 20.8 Å². The van der Waals surface area contributed by atoms with Gasteiger partial charge in [-0.25, -0.2) is 9.97 Å². The van der Waals surface area contributed by atoms with Crippen LogP contribution in [0.5, 0.6) is 0 Å². The Morgan fingerprint density at radius 1 is 1.10 bits per heavy atom. The van der Waals surface area contributed by atoms with Gasteiger partial charge in [0.2, 0.25) is 5.95 Å². The summed E-state index contributed by atoms with van der Waals surface area (Å²) in [5, 5.41) is 0. The van der Waals surface area contributed by atoms with Crippen molar-refractivity contribution in [3.8, 4) is 5.69 Å². The van der Waals surface area contributed by atoms with Gasteiger partial charge in [-0.05, 0) is 55.7 Å². The monoisotopic (exact) mass is 330 g/mol. The summed E-state index contributed by atoms with van der Waals surface area (Å²) in [6.07, 6.45) is 1.84. The first-order chi connectivity index (χ1) is 9.47. The second kappa shape index (κ2) is 4.59. The van der Waals surface area contributed by atoms with E-state index in [-0.39, 0.29) is 0 Å². The molecule has 0 bridgehead atoms. The molecule has 3 rings (SSSR count). The summed E-state index contributed by atoms with van der Waals surface area (Å²) < 4.78 is 2.98. The standard InChI is InChI=1S/C15H15BrN4/c1-8-4-12-14(18-7-8)20(15(17)19-12)13-9(2)5-11(16)6-10(13)3/h4-7H,1-3H3,(H2,17,19). The van der Waals surface area contributed by atoms with Crippen molar-refractivity contribution < 1.29 is 0 Å². The third kappa shape index (κ3) is 1.98. The van der Waals surface area contributed by atoms with Gasteiger partial charge in [0.1, 0.15) is 5.52 Å². The highest BCUT2D eigenvalue weighted by atomic mass is 79.9. The summed E-state index contributed by atoms with van der Waals surface area (Å²) in [5.41, 5.74) is 12.1. The molecule has 20 heavy (non-hydrogen) atoms. The molecule has 0 aliphatic heterocycles. The molecule has 0 fully saturated rings. The topological polar surface area (TPSA) is 56.7 Å². The van der Waals surface area contributed by atoms with Crippen molar-refractivity contribution in [3.63, 3.8) is 0 Å². The lowest BCUT2D eigenvalue weighted by atomic mass is 10.1. The maximum atomic E-state index is 6.11. The zero-order valence-corrected chi connectivity index (χ0v) is 13.2. The maximum absolute atomic E-state index is 6.11. The number of aromatic nitrogens is 3. The highest BCUT2D eigenvalue weighted by Gasteiger charge is 2.15. The molecule has 0 saturated heterocycles. The van der Waals surface area contributed by atoms with Gasteiger partial charge in [0.05, 0.1) is 5.69 Å². The summed E-state index contributed by atoms with van der Waals surface area (Å²) in [6.45, 7) is 6.12. The number of imidazole rings is 1. The molecule has 2 N–H and O–H groups in total. The average Bonchev–Trinajstić information content (AvgIpc) is 2.64. The normalized spacial score (nSPS) is 11.2. The molecule has 0 unspecified atom stereocenters. The van der Waals surface area contributed by atoms with Gasteiger partial charge >= 0.3 is 0 Å². The van der Waals surface area contributed by atoms with Crippen LogP contribution < -0.4 is 5.73 Å². The van der Waals surface area contributed by atoms with Crippen LogP contribution >= 0.6 is 15.9 Å². The quantitative estimate of drug-likeness (QED) is 0.740. The molecule has 3 aromatic rings. The first-order valence-electron chi connectivity index (χ1n) is 6.35. The van der Waals surface area contributed by atoms with Gasteiger partial charge < -0.3 is 5.73 Å². The van der Waals surface area contributed by atoms with E-state index >= 15 is 0 Å². The van der Waals surface area contributed by atoms with Crippen molar-refractivity contribution in [2.24, 2.45) is 0 Å². The molecule has 5 heteroatoms. The smallest absolute Gasteiger partial charge is 0.207 e. The van der Waals surface area contributed by atoms with Crippen molar-refractivity contribution in [2.75, 3.05) is 5.73 Å². The van der Waals surface area contributed by atoms with Gasteiger partial charge in [0.15, 0.2) is 5.65 Å². The van der Waals surface area contributed by atoms with Crippen molar-refractivity contribution in [1.82, 2.24) is 14.5 Å². The number of benzene rings is 1. The third-order valence-electron chi connectivity index (χ3n) is 3.34. The van der Waals surface area contributed by atoms with E-state index in [1.54, 1.807) is 0 Å². The molecule has 4 nitrogen and oxygen atoms in total. The Balaban J connectivity index is 2.38. The van der Waals surface area contributed by atoms with Gasteiger partial charge in [0, 0.05) is 10.7 Å². The minimum absolute atomic E-state index is 0.464. The molecule has 0 amide bonds. The Hall–Kier alpha value is -1.88. The van der Waals surface area contributed by atoms with Gasteiger partial charge in [-0.1, -0.05) is 15.9 Å². The fourth-order valence-electron chi connectivity index (χ4n) is 2.56. The highest BCUT2D eigenvalue weighted by Crippen LogP contribution is 2.29. The number of nitrogens with two attached hydrogens (primary N) is 1. The van der Waals surface area contributed by atoms with Gasteiger partial charge in [-0.3, -0.25) is 4.57 Å². The maximum Gasteiger partial charge on any atom is 0.207 e. The molecular formula is C15H15BrN4. The number of pyridine rings is 1. The average molecular weight is 331 g/mol. The van der Waals surface area contributed by atoms with Gasteiger partial charge in [-0.2, -0.15) is 0 Å². The van der Waals surface area contributed by atoms with Crippen LogP contribution in [0.3, 0.4) is 0 Å². The number of nitrogen functional groups attached to an aromatic ring is 1. The van der Waals surface area contributed by atoms with Crippen LogP contribution in [0.25, 0.3) is 16.9 Å². The minimum Gasteiger partial charge on any atom is -0.369 e. The predicted octanol–water partition coefficient (Wildman–Crippen LogP) is 3.69. The number of nitrogens with zero attached hydrogens (tertiary/aromatic N) is 3. The summed E-state index contributed by atoms with van der Waals surface area (Å²) in [7, 11) is 0. The number of halogens is 1. The van der Waals surface area contributed by atoms with Crippen LogP contribution in [0.2, 0.25) is 0 Å². The Morgan fingerprint density at radius 2 is 1.75 bits per heavy atom. The van der Waals surface area contributed by atoms with Crippen molar-refractivity contribution in [3.05, 3.63) is 45.6 Å². The predicted molar refractivity (Wildman–Crippen MR) is 85.2 cm³/mol. The fraction of sp³-hybridized carbons (Fsp3) is 0.200. The molecule has 0 saturated carbocycles. The van der Waals surface area contributed by atoms with Crippen LogP contribution in [0.4, 0.5) is 5.95 Å². The summed E-state index contributed by atoms with van der Waals surface area (Å²) in [5.74, 6) is 0.464. The van der Waals surface area contributed by atoms with Crippen molar-refractivity contribution in [2.45, 2.75) is 20.8 Å². The molecule has 2 aromatic heterocycles. The number of fused-ring (bicyclic) bond motifs is 1. The van der Waals surface area contributed by atoms with Crippen LogP contribution in [-0.2, 0) is 0 Å². The zero-order valence-electron chi connectivity index (χ0n) is 11.6. The Bertz CT molecular complexity index is 797. The molecule has 102 valence electrons. The van der Waals surface area contributed by atoms with Gasteiger partial charge in [0.25, 0.3) is 0 Å². The van der Waals surface area contributed by atoms with E-state index in [0.717, 1.165) is 38.0 Å². The van der Waals surface area contributed by atoms with E-state index < -0.39 is 0 Å². The minimum atomic E-state index is 0.464. The number of aryl methyl sites for hydroxylation is 3. The lowest BCUT2D eigenvalue weighted by Gasteiger charge is -2.13. The second-order valence-corrected chi connectivity index (χ2v) is 5.96. The van der Waals surface area contributed by atoms with E-state index in [1.165, 1.54) is 0 Å². The number of hydrogen-bond acceptors (Lipinski definition) is 3. The number of rotatable bonds is 1. The lowest BCUT2D eigenvalue weighted by Crippen LogP contribution is -2.05. The largest absolute Gasteiger partial charge is 0.369 e. The first-order valence-corrected chi connectivity index (χ1v) is 7.14. The Morgan fingerprint density at radius 3 is 2.40 bits per heavy atom. The Kier molecular flexibility index (Phi) is 3.01. The second-order valence-electron chi connectivity index (χ2n) is 5.05. The zero-order chi connectivity index (χ0) is 14.4. The molecule has 0 radical (unpaired) electrons. The molecular weight excluding hydrogens is 316 g/mol. The van der Waals surface area contributed by atoms with Crippen LogP contribution in [-0.4, -0.2) is 14.5 Å². The van der Waals surface area contributed by atoms with E-state index in [4.69, 9.17) is 5.73 Å². The fourth-order valence-corrected chi connectivity index (χ4v) is 3.25. The summed E-state index contributed by atoms with van der Waals surface area (Å²) >= 11 is 3.52. The van der Waals surface area contributed by atoms with E-state index in [9.17, 15) is 0 Å². The van der Waals surface area contributed by atoms with E-state index in [2.05, 4.69) is 51.9 Å². The van der Waals surface area contributed by atoms with E-state index in [0.29, 0.717) is 5.95 Å². The first kappa shape index (κ1) is 13.1. The highest BCUT2D eigenvalue weighted by molar-refractivity contribution is 9.10. The van der Waals surface area contributed by atoms with Gasteiger partial charge in [-0.15, -0.1) is 0 Å². The third-order valence-corrected chi connectivity index (χ3v) is 3.80. The lowest BCUT2D eigenvalue weighted by molar-refractivity contribution is 1.05. The molecule has 0 aliphatic rings. The van der Waals surface area contributed by atoms with Crippen molar-refractivity contribution >= 4 is 33.0 Å². The number of anilines is 1. The molecule has 1 aromatic carbocycles. The van der Waals surface area contributed by atoms with Crippen LogP contribution in [0.15, 0.2) is 28.9 Å². The molecule has 0 spiro atoms. The molecule has 2 heterocycles. The molecule has 0 aliphatic carbocycles.